The summed E-state index contributed by atoms with van der Waals surface area (Å²) in [6.07, 6.45) is 1.55. The van der Waals surface area contributed by atoms with Gasteiger partial charge in [-0.15, -0.1) is 0 Å². The third kappa shape index (κ3) is 4.25. The molecule has 2 heterocycles. The van der Waals surface area contributed by atoms with Gasteiger partial charge in [-0.1, -0.05) is 0 Å². The Bertz CT molecular complexity index is 537. The van der Waals surface area contributed by atoms with E-state index in [4.69, 9.17) is 9.47 Å². The Morgan fingerprint density at radius 2 is 1.91 bits per heavy atom. The summed E-state index contributed by atoms with van der Waals surface area (Å²) in [6.45, 7) is 8.38. The molecular formula is C15H22BrN3O3. The summed E-state index contributed by atoms with van der Waals surface area (Å²) >= 11 is 3.35. The Balaban J connectivity index is 1.96. The van der Waals surface area contributed by atoms with Crippen molar-refractivity contribution in [3.63, 3.8) is 0 Å². The van der Waals surface area contributed by atoms with Crippen molar-refractivity contribution in [2.45, 2.75) is 26.4 Å². The summed E-state index contributed by atoms with van der Waals surface area (Å²) < 4.78 is 11.4. The molecule has 0 aromatic carbocycles. The molecule has 0 atom stereocenters. The fraction of sp³-hybridized carbons (Fsp3) is 0.600. The van der Waals surface area contributed by atoms with E-state index >= 15 is 0 Å². The van der Waals surface area contributed by atoms with E-state index in [0.717, 1.165) is 18.8 Å². The maximum Gasteiger partial charge on any atom is 0.410 e. The molecule has 0 bridgehead atoms. The summed E-state index contributed by atoms with van der Waals surface area (Å²) in [5.74, 6) is 0.701. The number of ether oxygens (including phenoxy) is 2. The standard InChI is InChI=1S/C15H22BrN3O3/c1-15(2,3)22-14(20)19-7-5-18(6-8-19)11-9-12(21-4)13(16)17-10-11/h9-10H,5-8H2,1-4H3. The van der Waals surface area contributed by atoms with Crippen molar-refractivity contribution < 1.29 is 14.3 Å². The quantitative estimate of drug-likeness (QED) is 0.748. The van der Waals surface area contributed by atoms with Crippen LogP contribution in [-0.2, 0) is 4.74 Å². The fourth-order valence-corrected chi connectivity index (χ4v) is 2.59. The van der Waals surface area contributed by atoms with Gasteiger partial charge in [-0.2, -0.15) is 0 Å². The van der Waals surface area contributed by atoms with E-state index in [1.807, 2.05) is 26.8 Å². The lowest BCUT2D eigenvalue weighted by Gasteiger charge is -2.36. The minimum atomic E-state index is -0.461. The van der Waals surface area contributed by atoms with E-state index in [0.29, 0.717) is 23.4 Å². The number of carbonyl (C=O) groups is 1. The Hall–Kier alpha value is -1.50. The average molecular weight is 372 g/mol. The van der Waals surface area contributed by atoms with Crippen LogP contribution in [0.1, 0.15) is 20.8 Å². The lowest BCUT2D eigenvalue weighted by molar-refractivity contribution is 0.0240. The van der Waals surface area contributed by atoms with Gasteiger partial charge in [0.2, 0.25) is 0 Å². The number of aromatic nitrogens is 1. The van der Waals surface area contributed by atoms with E-state index in [2.05, 4.69) is 25.8 Å². The molecule has 7 heteroatoms. The number of hydrogen-bond acceptors (Lipinski definition) is 5. The number of piperazine rings is 1. The van der Waals surface area contributed by atoms with Gasteiger partial charge in [0, 0.05) is 32.2 Å². The van der Waals surface area contributed by atoms with Crippen LogP contribution in [-0.4, -0.2) is 54.9 Å². The molecule has 2 rings (SSSR count). The van der Waals surface area contributed by atoms with E-state index in [1.165, 1.54) is 0 Å². The Morgan fingerprint density at radius 1 is 1.27 bits per heavy atom. The number of amides is 1. The van der Waals surface area contributed by atoms with E-state index < -0.39 is 5.60 Å². The average Bonchev–Trinajstić information content (AvgIpc) is 2.46. The van der Waals surface area contributed by atoms with Crippen molar-refractivity contribution in [2.24, 2.45) is 0 Å². The van der Waals surface area contributed by atoms with Gasteiger partial charge in [0.05, 0.1) is 19.0 Å². The van der Waals surface area contributed by atoms with E-state index in [9.17, 15) is 4.79 Å². The van der Waals surface area contributed by atoms with Crippen LogP contribution in [0.25, 0.3) is 0 Å². The highest BCUT2D eigenvalue weighted by Gasteiger charge is 2.26. The lowest BCUT2D eigenvalue weighted by Crippen LogP contribution is -2.50. The van der Waals surface area contributed by atoms with Gasteiger partial charge in [0.25, 0.3) is 0 Å². The second kappa shape index (κ2) is 6.73. The van der Waals surface area contributed by atoms with Gasteiger partial charge < -0.3 is 19.3 Å². The van der Waals surface area contributed by atoms with Crippen molar-refractivity contribution in [1.82, 2.24) is 9.88 Å². The van der Waals surface area contributed by atoms with Gasteiger partial charge >= 0.3 is 6.09 Å². The van der Waals surface area contributed by atoms with Crippen LogP contribution in [0, 0.1) is 0 Å². The minimum Gasteiger partial charge on any atom is -0.494 e. The third-order valence-electron chi connectivity index (χ3n) is 3.31. The molecule has 0 spiro atoms. The van der Waals surface area contributed by atoms with Gasteiger partial charge in [-0.25, -0.2) is 9.78 Å². The first-order valence-electron chi connectivity index (χ1n) is 7.22. The SMILES string of the molecule is COc1cc(N2CCN(C(=O)OC(C)(C)C)CC2)cnc1Br. The molecule has 1 aliphatic heterocycles. The van der Waals surface area contributed by atoms with Crippen LogP contribution in [0.15, 0.2) is 16.9 Å². The number of anilines is 1. The highest BCUT2D eigenvalue weighted by molar-refractivity contribution is 9.10. The molecule has 0 aliphatic carbocycles. The zero-order valence-electron chi connectivity index (χ0n) is 13.4. The minimum absolute atomic E-state index is 0.251. The van der Waals surface area contributed by atoms with Crippen molar-refractivity contribution in [2.75, 3.05) is 38.2 Å². The second-order valence-corrected chi connectivity index (χ2v) is 6.89. The monoisotopic (exact) mass is 371 g/mol. The second-order valence-electron chi connectivity index (χ2n) is 6.14. The van der Waals surface area contributed by atoms with Crippen molar-refractivity contribution in [3.8, 4) is 5.75 Å². The van der Waals surface area contributed by atoms with Crippen LogP contribution in [0.3, 0.4) is 0 Å². The number of rotatable bonds is 2. The molecule has 0 unspecified atom stereocenters. The van der Waals surface area contributed by atoms with Crippen molar-refractivity contribution in [1.29, 1.82) is 0 Å². The zero-order chi connectivity index (χ0) is 16.3. The van der Waals surface area contributed by atoms with Gasteiger partial charge in [-0.3, -0.25) is 0 Å². The molecule has 6 nitrogen and oxygen atoms in total. The zero-order valence-corrected chi connectivity index (χ0v) is 15.0. The van der Waals surface area contributed by atoms with Gasteiger partial charge in [0.1, 0.15) is 10.2 Å². The summed E-state index contributed by atoms with van der Waals surface area (Å²) in [5, 5.41) is 0. The van der Waals surface area contributed by atoms with E-state index in [-0.39, 0.29) is 6.09 Å². The molecule has 1 fully saturated rings. The highest BCUT2D eigenvalue weighted by Crippen LogP contribution is 2.27. The summed E-state index contributed by atoms with van der Waals surface area (Å²) in [7, 11) is 1.62. The predicted octanol–water partition coefficient (Wildman–Crippen LogP) is 2.91. The molecule has 1 amide bonds. The maximum atomic E-state index is 12.0. The number of methoxy groups -OCH3 is 1. The number of halogens is 1. The topological polar surface area (TPSA) is 54.9 Å². The summed E-state index contributed by atoms with van der Waals surface area (Å²) in [5.41, 5.74) is 0.529. The van der Waals surface area contributed by atoms with Crippen LogP contribution < -0.4 is 9.64 Å². The first kappa shape index (κ1) is 16.9. The first-order chi connectivity index (χ1) is 10.3. The molecule has 122 valence electrons. The summed E-state index contributed by atoms with van der Waals surface area (Å²) in [6, 6.07) is 1.94. The van der Waals surface area contributed by atoms with E-state index in [1.54, 1.807) is 18.2 Å². The molecular weight excluding hydrogens is 350 g/mol. The molecule has 1 aromatic rings. The Labute approximate surface area is 139 Å². The van der Waals surface area contributed by atoms with Crippen LogP contribution in [0.5, 0.6) is 5.75 Å². The number of nitrogens with zero attached hydrogens (tertiary/aromatic N) is 3. The van der Waals surface area contributed by atoms with Gasteiger partial charge in [0.15, 0.2) is 5.75 Å². The predicted molar refractivity (Wildman–Crippen MR) is 88.5 cm³/mol. The maximum absolute atomic E-state index is 12.0. The molecule has 0 radical (unpaired) electrons. The van der Waals surface area contributed by atoms with Gasteiger partial charge in [-0.05, 0) is 36.7 Å². The number of pyridine rings is 1. The smallest absolute Gasteiger partial charge is 0.410 e. The Kier molecular flexibility index (Phi) is 5.16. The van der Waals surface area contributed by atoms with Crippen molar-refractivity contribution in [3.05, 3.63) is 16.9 Å². The normalized spacial score (nSPS) is 15.7. The molecule has 0 saturated carbocycles. The van der Waals surface area contributed by atoms with Crippen LogP contribution in [0.2, 0.25) is 0 Å². The van der Waals surface area contributed by atoms with Crippen LogP contribution >= 0.6 is 15.9 Å². The highest BCUT2D eigenvalue weighted by atomic mass is 79.9. The summed E-state index contributed by atoms with van der Waals surface area (Å²) in [4.78, 5) is 20.2. The number of hydrogen-bond donors (Lipinski definition) is 0. The molecule has 1 aromatic heterocycles. The number of carbonyl (C=O) groups excluding carboxylic acids is 1. The fourth-order valence-electron chi connectivity index (χ4n) is 2.21. The lowest BCUT2D eigenvalue weighted by atomic mass is 10.2. The molecule has 1 aliphatic rings. The van der Waals surface area contributed by atoms with Crippen molar-refractivity contribution >= 4 is 27.7 Å². The van der Waals surface area contributed by atoms with Crippen LogP contribution in [0.4, 0.5) is 10.5 Å². The molecule has 22 heavy (non-hydrogen) atoms. The first-order valence-corrected chi connectivity index (χ1v) is 8.02. The third-order valence-corrected chi connectivity index (χ3v) is 3.90. The largest absolute Gasteiger partial charge is 0.494 e. The Morgan fingerprint density at radius 3 is 2.45 bits per heavy atom. The molecule has 0 N–H and O–H groups in total. The molecule has 1 saturated heterocycles.